The van der Waals surface area contributed by atoms with Crippen LogP contribution in [-0.4, -0.2) is 30.3 Å². The topological polar surface area (TPSA) is 72.8 Å². The SMILES string of the molecule is CC(=O)OCC1C2CC2C2(C)C=C3OC(=O)C(CO)=C3CC12. The maximum Gasteiger partial charge on any atom is 0.342 e. The minimum atomic E-state index is -0.420. The van der Waals surface area contributed by atoms with E-state index in [-0.39, 0.29) is 18.0 Å². The molecule has 0 spiro atoms. The summed E-state index contributed by atoms with van der Waals surface area (Å²) in [7, 11) is 0. The van der Waals surface area contributed by atoms with Crippen LogP contribution in [-0.2, 0) is 19.1 Å². The van der Waals surface area contributed by atoms with Gasteiger partial charge in [0.1, 0.15) is 5.76 Å². The molecule has 5 nitrogen and oxygen atoms in total. The van der Waals surface area contributed by atoms with E-state index in [1.165, 1.54) is 6.92 Å². The van der Waals surface area contributed by atoms with Crippen LogP contribution in [0, 0.1) is 29.1 Å². The monoisotopic (exact) mass is 304 g/mol. The molecule has 2 fully saturated rings. The summed E-state index contributed by atoms with van der Waals surface area (Å²) in [4.78, 5) is 23.0. The molecule has 0 saturated heterocycles. The maximum atomic E-state index is 11.8. The molecule has 0 radical (unpaired) electrons. The number of esters is 2. The highest BCUT2D eigenvalue weighted by molar-refractivity contribution is 5.95. The van der Waals surface area contributed by atoms with Crippen molar-refractivity contribution in [2.45, 2.75) is 26.7 Å². The van der Waals surface area contributed by atoms with E-state index in [4.69, 9.17) is 9.47 Å². The van der Waals surface area contributed by atoms with Gasteiger partial charge in [-0.1, -0.05) is 6.92 Å². The lowest BCUT2D eigenvalue weighted by Gasteiger charge is -2.39. The van der Waals surface area contributed by atoms with Gasteiger partial charge in [-0.05, 0) is 42.1 Å². The second-order valence-corrected chi connectivity index (χ2v) is 7.16. The van der Waals surface area contributed by atoms with E-state index in [0.29, 0.717) is 41.6 Å². The molecule has 2 saturated carbocycles. The summed E-state index contributed by atoms with van der Waals surface area (Å²) in [6.45, 7) is 3.84. The largest absolute Gasteiger partial charge is 0.466 e. The molecule has 0 bridgehead atoms. The fourth-order valence-electron chi connectivity index (χ4n) is 4.97. The molecule has 0 aromatic rings. The summed E-state index contributed by atoms with van der Waals surface area (Å²) in [6.07, 6.45) is 3.97. The third-order valence-electron chi connectivity index (χ3n) is 6.12. The molecule has 4 aliphatic rings. The van der Waals surface area contributed by atoms with Gasteiger partial charge in [-0.3, -0.25) is 4.79 Å². The highest BCUT2D eigenvalue weighted by atomic mass is 16.5. The zero-order valence-corrected chi connectivity index (χ0v) is 12.8. The van der Waals surface area contributed by atoms with Crippen molar-refractivity contribution >= 4 is 11.9 Å². The number of ether oxygens (including phenoxy) is 2. The standard InChI is InChI=1S/C17H20O5/c1-8(19)21-7-12-9-3-13(9)17(2)5-15-10(4-14(12)17)11(6-18)16(20)22-15/h5,9,12-14,18H,3-4,6-7H2,1-2H3. The first-order valence-corrected chi connectivity index (χ1v) is 7.87. The van der Waals surface area contributed by atoms with E-state index < -0.39 is 5.97 Å². The van der Waals surface area contributed by atoms with Gasteiger partial charge in [0.2, 0.25) is 0 Å². The number of aliphatic hydroxyl groups is 1. The first-order chi connectivity index (χ1) is 10.5. The Labute approximate surface area is 129 Å². The molecule has 0 aromatic heterocycles. The van der Waals surface area contributed by atoms with Gasteiger partial charge in [-0.2, -0.15) is 0 Å². The average molecular weight is 304 g/mol. The van der Waals surface area contributed by atoms with Crippen molar-refractivity contribution in [1.29, 1.82) is 0 Å². The van der Waals surface area contributed by atoms with Gasteiger partial charge in [-0.25, -0.2) is 4.79 Å². The molecule has 0 amide bonds. The number of hydrogen-bond donors (Lipinski definition) is 1. The zero-order valence-electron chi connectivity index (χ0n) is 12.8. The Morgan fingerprint density at radius 3 is 2.95 bits per heavy atom. The first-order valence-electron chi connectivity index (χ1n) is 7.87. The molecule has 0 aromatic carbocycles. The summed E-state index contributed by atoms with van der Waals surface area (Å²) in [5, 5.41) is 9.43. The lowest BCUT2D eigenvalue weighted by atomic mass is 9.66. The normalized spacial score (nSPS) is 41.4. The van der Waals surface area contributed by atoms with Crippen LogP contribution in [0.4, 0.5) is 0 Å². The Hall–Kier alpha value is -1.62. The smallest absolute Gasteiger partial charge is 0.342 e. The van der Waals surface area contributed by atoms with Crippen molar-refractivity contribution in [1.82, 2.24) is 0 Å². The van der Waals surface area contributed by atoms with Gasteiger partial charge < -0.3 is 14.6 Å². The average Bonchev–Trinajstić information content (AvgIpc) is 3.13. The highest BCUT2D eigenvalue weighted by Crippen LogP contribution is 2.71. The molecule has 5 unspecified atom stereocenters. The van der Waals surface area contributed by atoms with Crippen LogP contribution in [0.15, 0.2) is 23.0 Å². The van der Waals surface area contributed by atoms with Crippen molar-refractivity contribution in [3.8, 4) is 0 Å². The number of carbonyl (C=O) groups is 2. The third kappa shape index (κ3) is 1.75. The van der Waals surface area contributed by atoms with E-state index in [1.807, 2.05) is 0 Å². The molecule has 5 heteroatoms. The lowest BCUT2D eigenvalue weighted by molar-refractivity contribution is -0.143. The fourth-order valence-corrected chi connectivity index (χ4v) is 4.97. The Kier molecular flexibility index (Phi) is 2.83. The molecular formula is C17H20O5. The van der Waals surface area contributed by atoms with Gasteiger partial charge in [0.25, 0.3) is 0 Å². The molecule has 4 rings (SSSR count). The molecule has 3 aliphatic carbocycles. The second kappa shape index (κ2) is 4.44. The van der Waals surface area contributed by atoms with E-state index >= 15 is 0 Å². The van der Waals surface area contributed by atoms with Crippen LogP contribution in [0.5, 0.6) is 0 Å². The lowest BCUT2D eigenvalue weighted by Crippen LogP contribution is -2.34. The zero-order chi connectivity index (χ0) is 15.6. The second-order valence-electron chi connectivity index (χ2n) is 7.16. The number of fused-ring (bicyclic) bond motifs is 4. The molecule has 118 valence electrons. The highest BCUT2D eigenvalue weighted by Gasteiger charge is 2.66. The van der Waals surface area contributed by atoms with E-state index in [9.17, 15) is 14.7 Å². The van der Waals surface area contributed by atoms with Crippen LogP contribution in [0.1, 0.15) is 26.7 Å². The Morgan fingerprint density at radius 2 is 2.27 bits per heavy atom. The summed E-state index contributed by atoms with van der Waals surface area (Å²) >= 11 is 0. The summed E-state index contributed by atoms with van der Waals surface area (Å²) in [5.74, 6) is 1.84. The van der Waals surface area contributed by atoms with Crippen LogP contribution in [0.2, 0.25) is 0 Å². The molecular weight excluding hydrogens is 284 g/mol. The Balaban J connectivity index is 1.68. The van der Waals surface area contributed by atoms with Crippen molar-refractivity contribution in [2.75, 3.05) is 13.2 Å². The van der Waals surface area contributed by atoms with Crippen LogP contribution < -0.4 is 0 Å². The number of allylic oxidation sites excluding steroid dienone is 2. The van der Waals surface area contributed by atoms with Crippen molar-refractivity contribution in [3.05, 3.63) is 23.0 Å². The fraction of sp³-hybridized carbons (Fsp3) is 0.647. The van der Waals surface area contributed by atoms with Crippen LogP contribution >= 0.6 is 0 Å². The predicted octanol–water partition coefficient (Wildman–Crippen LogP) is 1.57. The third-order valence-corrected chi connectivity index (χ3v) is 6.12. The summed E-state index contributed by atoms with van der Waals surface area (Å²) < 4.78 is 10.6. The quantitative estimate of drug-likeness (QED) is 0.801. The number of hydrogen-bond acceptors (Lipinski definition) is 5. The summed E-state index contributed by atoms with van der Waals surface area (Å²) in [5.41, 5.74) is 1.24. The van der Waals surface area contributed by atoms with Gasteiger partial charge in [-0.15, -0.1) is 0 Å². The molecule has 1 aliphatic heterocycles. The number of rotatable bonds is 3. The van der Waals surface area contributed by atoms with Gasteiger partial charge in [0.15, 0.2) is 0 Å². The van der Waals surface area contributed by atoms with Crippen LogP contribution in [0.25, 0.3) is 0 Å². The van der Waals surface area contributed by atoms with Gasteiger partial charge >= 0.3 is 11.9 Å². The van der Waals surface area contributed by atoms with E-state index in [1.54, 1.807) is 0 Å². The molecule has 22 heavy (non-hydrogen) atoms. The van der Waals surface area contributed by atoms with Crippen molar-refractivity contribution < 1.29 is 24.2 Å². The number of aliphatic hydroxyl groups excluding tert-OH is 1. The molecule has 1 heterocycles. The predicted molar refractivity (Wildman–Crippen MR) is 76.2 cm³/mol. The van der Waals surface area contributed by atoms with Gasteiger partial charge in [0, 0.05) is 18.4 Å². The van der Waals surface area contributed by atoms with Crippen molar-refractivity contribution in [2.24, 2.45) is 29.1 Å². The maximum absolute atomic E-state index is 11.8. The minimum absolute atomic E-state index is 0.000495. The van der Waals surface area contributed by atoms with E-state index in [0.717, 1.165) is 18.4 Å². The van der Waals surface area contributed by atoms with Gasteiger partial charge in [0.05, 0.1) is 18.8 Å². The molecule has 5 atom stereocenters. The van der Waals surface area contributed by atoms with E-state index in [2.05, 4.69) is 13.0 Å². The Bertz CT molecular complexity index is 631. The first kappa shape index (κ1) is 14.0. The molecule has 1 N–H and O–H groups in total. The van der Waals surface area contributed by atoms with Crippen LogP contribution in [0.3, 0.4) is 0 Å². The van der Waals surface area contributed by atoms with Crippen molar-refractivity contribution in [3.63, 3.8) is 0 Å². The summed E-state index contributed by atoms with van der Waals surface area (Å²) in [6, 6.07) is 0. The Morgan fingerprint density at radius 1 is 1.50 bits per heavy atom. The number of carbonyl (C=O) groups excluding carboxylic acids is 2. The minimum Gasteiger partial charge on any atom is -0.466 e.